The number of ether oxygens (including phenoxy) is 1. The summed E-state index contributed by atoms with van der Waals surface area (Å²) < 4.78 is 35.4. The average molecular weight is 462 g/mol. The molecule has 0 aliphatic carbocycles. The molecule has 4 aromatic rings. The van der Waals surface area contributed by atoms with Crippen molar-refractivity contribution in [3.05, 3.63) is 57.5 Å². The molecule has 0 radical (unpaired) electrons. The smallest absolute Gasteiger partial charge is 0.338 e. The summed E-state index contributed by atoms with van der Waals surface area (Å²) in [6, 6.07) is 7.86. The Hall–Kier alpha value is -3.25. The van der Waals surface area contributed by atoms with Crippen molar-refractivity contribution in [2.24, 2.45) is 7.05 Å². The molecule has 0 atom stereocenters. The van der Waals surface area contributed by atoms with Crippen molar-refractivity contribution in [3.63, 3.8) is 0 Å². The summed E-state index contributed by atoms with van der Waals surface area (Å²) in [5.74, 6) is 0.0531. The number of carbonyl (C=O) groups excluding carboxylic acids is 1. The van der Waals surface area contributed by atoms with Gasteiger partial charge in [-0.1, -0.05) is 13.0 Å². The average Bonchev–Trinajstić information content (AvgIpc) is 3.37. The highest BCUT2D eigenvalue weighted by atomic mass is 32.2. The third-order valence-corrected chi connectivity index (χ3v) is 6.96. The van der Waals surface area contributed by atoms with Gasteiger partial charge in [-0.2, -0.15) is 0 Å². The van der Waals surface area contributed by atoms with Crippen LogP contribution in [0.25, 0.3) is 16.0 Å². The first-order chi connectivity index (χ1) is 14.8. The molecule has 0 saturated heterocycles. The Bertz CT molecular complexity index is 1450. The molecule has 12 heteroatoms. The van der Waals surface area contributed by atoms with Crippen LogP contribution < -0.4 is 10.3 Å². The number of thiophene rings is 1. The Kier molecular flexibility index (Phi) is 5.50. The van der Waals surface area contributed by atoms with Gasteiger partial charge in [-0.05, 0) is 36.1 Å². The highest BCUT2D eigenvalue weighted by molar-refractivity contribution is 7.92. The van der Waals surface area contributed by atoms with E-state index in [1.165, 1.54) is 28.0 Å². The first kappa shape index (κ1) is 21.0. The third-order valence-electron chi connectivity index (χ3n) is 4.57. The maximum atomic E-state index is 12.5. The van der Waals surface area contributed by atoms with E-state index in [0.717, 1.165) is 0 Å². The molecule has 0 fully saturated rings. The van der Waals surface area contributed by atoms with Crippen LogP contribution >= 0.6 is 11.3 Å². The number of hydrogen-bond acceptors (Lipinski definition) is 8. The number of esters is 1. The minimum Gasteiger partial charge on any atom is -0.454 e. The highest BCUT2D eigenvalue weighted by Crippen LogP contribution is 2.20. The molecular formula is C19H19N5O5S2. The normalized spacial score (nSPS) is 11.8. The van der Waals surface area contributed by atoms with Crippen molar-refractivity contribution in [2.75, 3.05) is 10.5 Å². The molecule has 31 heavy (non-hydrogen) atoms. The second kappa shape index (κ2) is 8.12. The first-order valence-corrected chi connectivity index (χ1v) is 11.9. The monoisotopic (exact) mass is 461 g/mol. The van der Waals surface area contributed by atoms with Gasteiger partial charge >= 0.3 is 5.97 Å². The van der Waals surface area contributed by atoms with E-state index in [0.29, 0.717) is 28.2 Å². The number of aromatic nitrogens is 4. The number of benzene rings is 1. The first-order valence-electron chi connectivity index (χ1n) is 9.38. The molecule has 1 N–H and O–H groups in total. The fourth-order valence-corrected chi connectivity index (χ4v) is 5.15. The predicted molar refractivity (Wildman–Crippen MR) is 117 cm³/mol. The van der Waals surface area contributed by atoms with Crippen molar-refractivity contribution in [3.8, 4) is 0 Å². The predicted octanol–water partition coefficient (Wildman–Crippen LogP) is 2.15. The zero-order valence-electron chi connectivity index (χ0n) is 16.7. The quantitative estimate of drug-likeness (QED) is 0.418. The van der Waals surface area contributed by atoms with Gasteiger partial charge in [0.25, 0.3) is 5.56 Å². The molecule has 3 heterocycles. The van der Waals surface area contributed by atoms with Crippen LogP contribution in [0.1, 0.15) is 29.5 Å². The van der Waals surface area contributed by atoms with Crippen molar-refractivity contribution in [1.82, 2.24) is 19.2 Å². The Morgan fingerprint density at radius 2 is 2.06 bits per heavy atom. The summed E-state index contributed by atoms with van der Waals surface area (Å²) in [5, 5.41) is 9.91. The highest BCUT2D eigenvalue weighted by Gasteiger charge is 2.18. The summed E-state index contributed by atoms with van der Waals surface area (Å²) in [5.41, 5.74) is 0.951. The number of fused-ring (bicyclic) bond motifs is 3. The maximum absolute atomic E-state index is 12.5. The Balaban J connectivity index is 1.57. The van der Waals surface area contributed by atoms with E-state index in [4.69, 9.17) is 4.74 Å². The summed E-state index contributed by atoms with van der Waals surface area (Å²) >= 11 is 1.31. The van der Waals surface area contributed by atoms with Crippen LogP contribution in [0.4, 0.5) is 5.69 Å². The summed E-state index contributed by atoms with van der Waals surface area (Å²) in [7, 11) is -1.87. The van der Waals surface area contributed by atoms with E-state index >= 15 is 0 Å². The topological polar surface area (TPSA) is 125 Å². The molecular weight excluding hydrogens is 442 g/mol. The van der Waals surface area contributed by atoms with Gasteiger partial charge in [0.05, 0.1) is 16.8 Å². The van der Waals surface area contributed by atoms with Gasteiger partial charge in [0.15, 0.2) is 12.4 Å². The molecule has 0 bridgehead atoms. The number of rotatable bonds is 7. The molecule has 0 saturated carbocycles. The molecule has 0 aliphatic rings. The number of aryl methyl sites for hydroxylation is 1. The molecule has 1 aromatic carbocycles. The van der Waals surface area contributed by atoms with Crippen molar-refractivity contribution >= 4 is 49.0 Å². The fraction of sp³-hybridized carbons (Fsp3) is 0.263. The van der Waals surface area contributed by atoms with Gasteiger partial charge in [-0.25, -0.2) is 13.2 Å². The van der Waals surface area contributed by atoms with Gasteiger partial charge in [-0.3, -0.25) is 18.5 Å². The van der Waals surface area contributed by atoms with Gasteiger partial charge in [-0.15, -0.1) is 21.5 Å². The standard InChI is InChI=1S/C19H19N5O5S2/c1-3-9-31(27,28)22-13-6-4-5-12(10-13)18(26)29-11-15-20-21-19-23(2)17(25)16-14(24(15)19)7-8-30-16/h4-8,10,22H,3,9,11H2,1-2H3. The summed E-state index contributed by atoms with van der Waals surface area (Å²) in [6.07, 6.45) is 0.479. The van der Waals surface area contributed by atoms with Gasteiger partial charge < -0.3 is 4.74 Å². The summed E-state index contributed by atoms with van der Waals surface area (Å²) in [4.78, 5) is 24.9. The second-order valence-corrected chi connectivity index (χ2v) is 9.59. The van der Waals surface area contributed by atoms with Crippen LogP contribution in [0.15, 0.2) is 40.5 Å². The van der Waals surface area contributed by atoms with Crippen LogP contribution in [0, 0.1) is 0 Å². The Morgan fingerprint density at radius 1 is 1.26 bits per heavy atom. The van der Waals surface area contributed by atoms with Crippen molar-refractivity contribution in [2.45, 2.75) is 20.0 Å². The molecule has 162 valence electrons. The van der Waals surface area contributed by atoms with Gasteiger partial charge in [0.1, 0.15) is 4.70 Å². The number of hydrogen-bond donors (Lipinski definition) is 1. The molecule has 3 aromatic heterocycles. The van der Waals surface area contributed by atoms with E-state index in [9.17, 15) is 18.0 Å². The van der Waals surface area contributed by atoms with Crippen LogP contribution in [-0.2, 0) is 28.4 Å². The molecule has 0 aliphatic heterocycles. The molecule has 10 nitrogen and oxygen atoms in total. The Labute approximate surface area is 181 Å². The van der Waals surface area contributed by atoms with E-state index in [1.54, 1.807) is 42.0 Å². The fourth-order valence-electron chi connectivity index (χ4n) is 3.17. The van der Waals surface area contributed by atoms with E-state index in [2.05, 4.69) is 14.9 Å². The minimum atomic E-state index is -3.47. The third kappa shape index (κ3) is 4.03. The number of anilines is 1. The molecule has 0 spiro atoms. The van der Waals surface area contributed by atoms with Gasteiger partial charge in [0.2, 0.25) is 15.8 Å². The van der Waals surface area contributed by atoms with Crippen LogP contribution in [-0.4, -0.2) is 39.3 Å². The van der Waals surface area contributed by atoms with Crippen LogP contribution in [0.5, 0.6) is 0 Å². The van der Waals surface area contributed by atoms with Crippen molar-refractivity contribution in [1.29, 1.82) is 0 Å². The van der Waals surface area contributed by atoms with Crippen molar-refractivity contribution < 1.29 is 17.9 Å². The number of nitrogens with one attached hydrogen (secondary N) is 1. The number of nitrogens with zero attached hydrogens (tertiary/aromatic N) is 4. The van der Waals surface area contributed by atoms with E-state index in [-0.39, 0.29) is 29.2 Å². The number of carbonyl (C=O) groups is 1. The maximum Gasteiger partial charge on any atom is 0.338 e. The molecule has 0 unspecified atom stereocenters. The number of sulfonamides is 1. The second-order valence-electron chi connectivity index (χ2n) is 6.83. The lowest BCUT2D eigenvalue weighted by Crippen LogP contribution is -2.19. The molecule has 4 rings (SSSR count). The minimum absolute atomic E-state index is 0.0127. The van der Waals surface area contributed by atoms with E-state index < -0.39 is 16.0 Å². The SMILES string of the molecule is CCCS(=O)(=O)Nc1cccc(C(=O)OCc2nnc3n(C)c(=O)c4sccc4n23)c1. The van der Waals surface area contributed by atoms with Gasteiger partial charge in [0, 0.05) is 12.7 Å². The van der Waals surface area contributed by atoms with E-state index in [1.807, 2.05) is 0 Å². The Morgan fingerprint density at radius 3 is 2.84 bits per heavy atom. The largest absolute Gasteiger partial charge is 0.454 e. The zero-order valence-corrected chi connectivity index (χ0v) is 18.4. The van der Waals surface area contributed by atoms with Crippen LogP contribution in [0.2, 0.25) is 0 Å². The summed E-state index contributed by atoms with van der Waals surface area (Å²) in [6.45, 7) is 1.60. The lowest BCUT2D eigenvalue weighted by Gasteiger charge is -2.09. The molecule has 0 amide bonds. The lowest BCUT2D eigenvalue weighted by molar-refractivity contribution is 0.0461. The lowest BCUT2D eigenvalue weighted by atomic mass is 10.2. The zero-order chi connectivity index (χ0) is 22.2. The van der Waals surface area contributed by atoms with Crippen LogP contribution in [0.3, 0.4) is 0 Å².